The first kappa shape index (κ1) is 13.6. The molecule has 0 radical (unpaired) electrons. The molecule has 0 bridgehead atoms. The number of aromatic nitrogens is 1. The van der Waals surface area contributed by atoms with Crippen molar-refractivity contribution in [1.82, 2.24) is 9.88 Å². The molecule has 2 heterocycles. The van der Waals surface area contributed by atoms with Crippen molar-refractivity contribution in [2.24, 2.45) is 0 Å². The van der Waals surface area contributed by atoms with Crippen LogP contribution in [0.3, 0.4) is 0 Å². The molecule has 1 aromatic heterocycles. The Morgan fingerprint density at radius 2 is 1.85 bits per heavy atom. The molecule has 3 rings (SSSR count). The third kappa shape index (κ3) is 3.38. The Bertz CT molecular complexity index is 541. The first-order chi connectivity index (χ1) is 9.81. The second kappa shape index (κ2) is 6.37. The minimum atomic E-state index is 0.800. The molecule has 1 aromatic carbocycles. The van der Waals surface area contributed by atoms with Crippen LogP contribution in [-0.2, 0) is 6.42 Å². The van der Waals surface area contributed by atoms with E-state index in [1.54, 1.807) is 11.3 Å². The van der Waals surface area contributed by atoms with Gasteiger partial charge in [0.2, 0.25) is 0 Å². The third-order valence-electron chi connectivity index (χ3n) is 3.85. The number of benzene rings is 1. The number of hydrogen-bond donors (Lipinski definition) is 1. The van der Waals surface area contributed by atoms with Crippen molar-refractivity contribution in [1.29, 1.82) is 0 Å². The van der Waals surface area contributed by atoms with E-state index in [4.69, 9.17) is 10.7 Å². The average Bonchev–Trinajstić information content (AvgIpc) is 2.96. The summed E-state index contributed by atoms with van der Waals surface area (Å²) in [5.41, 5.74) is 8.74. The van der Waals surface area contributed by atoms with Gasteiger partial charge in [0.15, 0.2) is 0 Å². The van der Waals surface area contributed by atoms with E-state index in [0.29, 0.717) is 0 Å². The normalized spacial score (nSPS) is 16.4. The molecule has 106 valence electrons. The van der Waals surface area contributed by atoms with Crippen LogP contribution in [0.5, 0.6) is 0 Å². The molecular weight excluding hydrogens is 266 g/mol. The number of rotatable bonds is 4. The zero-order valence-corrected chi connectivity index (χ0v) is 12.5. The fraction of sp³-hybridized carbons (Fsp3) is 0.438. The molecule has 0 unspecified atom stereocenters. The average molecular weight is 287 g/mol. The van der Waals surface area contributed by atoms with Crippen LogP contribution in [-0.4, -0.2) is 29.5 Å². The van der Waals surface area contributed by atoms with Crippen molar-refractivity contribution in [3.05, 3.63) is 34.7 Å². The van der Waals surface area contributed by atoms with Gasteiger partial charge in [0.25, 0.3) is 0 Å². The standard InChI is InChI=1S/C16H21N3S/c17-14-6-4-13(5-7-14)15-12-20-16(18-15)8-11-19-9-2-1-3-10-19/h4-7,12H,1-3,8-11,17H2. The highest BCUT2D eigenvalue weighted by Gasteiger charge is 2.11. The maximum absolute atomic E-state index is 5.72. The zero-order chi connectivity index (χ0) is 13.8. The van der Waals surface area contributed by atoms with Gasteiger partial charge < -0.3 is 10.6 Å². The smallest absolute Gasteiger partial charge is 0.0945 e. The largest absolute Gasteiger partial charge is 0.399 e. The number of anilines is 1. The fourth-order valence-corrected chi connectivity index (χ4v) is 3.45. The van der Waals surface area contributed by atoms with Gasteiger partial charge in [-0.05, 0) is 38.1 Å². The van der Waals surface area contributed by atoms with Crippen LogP contribution in [0.15, 0.2) is 29.6 Å². The van der Waals surface area contributed by atoms with Crippen LogP contribution in [0.2, 0.25) is 0 Å². The molecule has 0 saturated carbocycles. The Hall–Kier alpha value is -1.39. The van der Waals surface area contributed by atoms with Crippen molar-refractivity contribution in [2.75, 3.05) is 25.4 Å². The number of piperidine rings is 1. The lowest BCUT2D eigenvalue weighted by molar-refractivity contribution is 0.231. The minimum absolute atomic E-state index is 0.800. The molecule has 0 aliphatic carbocycles. The van der Waals surface area contributed by atoms with Crippen molar-refractivity contribution < 1.29 is 0 Å². The summed E-state index contributed by atoms with van der Waals surface area (Å²) in [7, 11) is 0. The lowest BCUT2D eigenvalue weighted by atomic mass is 10.1. The summed E-state index contributed by atoms with van der Waals surface area (Å²) in [5, 5.41) is 3.39. The van der Waals surface area contributed by atoms with Crippen molar-refractivity contribution in [2.45, 2.75) is 25.7 Å². The Morgan fingerprint density at radius 3 is 2.60 bits per heavy atom. The van der Waals surface area contributed by atoms with E-state index in [2.05, 4.69) is 10.3 Å². The van der Waals surface area contributed by atoms with Crippen LogP contribution in [0, 0.1) is 0 Å². The molecule has 1 aliphatic rings. The number of nitrogens with zero attached hydrogens (tertiary/aromatic N) is 2. The summed E-state index contributed by atoms with van der Waals surface area (Å²) in [6.45, 7) is 3.67. The highest BCUT2D eigenvalue weighted by atomic mass is 32.1. The predicted molar refractivity (Wildman–Crippen MR) is 86.0 cm³/mol. The van der Waals surface area contributed by atoms with Crippen molar-refractivity contribution in [3.8, 4) is 11.3 Å². The van der Waals surface area contributed by atoms with Gasteiger partial charge in [-0.1, -0.05) is 18.6 Å². The summed E-state index contributed by atoms with van der Waals surface area (Å²) in [6.07, 6.45) is 5.18. The topological polar surface area (TPSA) is 42.1 Å². The number of likely N-dealkylation sites (tertiary alicyclic amines) is 1. The lowest BCUT2D eigenvalue weighted by Crippen LogP contribution is -2.31. The minimum Gasteiger partial charge on any atom is -0.399 e. The molecular formula is C16H21N3S. The number of nitrogens with two attached hydrogens (primary N) is 1. The quantitative estimate of drug-likeness (QED) is 0.876. The highest BCUT2D eigenvalue weighted by Crippen LogP contribution is 2.23. The number of hydrogen-bond acceptors (Lipinski definition) is 4. The zero-order valence-electron chi connectivity index (χ0n) is 11.7. The van der Waals surface area contributed by atoms with Crippen molar-refractivity contribution in [3.63, 3.8) is 0 Å². The summed E-state index contributed by atoms with van der Waals surface area (Å²) in [6, 6.07) is 7.95. The van der Waals surface area contributed by atoms with Gasteiger partial charge in [0.05, 0.1) is 10.7 Å². The van der Waals surface area contributed by atoms with E-state index in [9.17, 15) is 0 Å². The van der Waals surface area contributed by atoms with Crippen LogP contribution in [0.4, 0.5) is 5.69 Å². The first-order valence-corrected chi connectivity index (χ1v) is 8.22. The van der Waals surface area contributed by atoms with Gasteiger partial charge >= 0.3 is 0 Å². The molecule has 1 fully saturated rings. The van der Waals surface area contributed by atoms with E-state index in [1.807, 2.05) is 24.3 Å². The Kier molecular flexibility index (Phi) is 4.33. The van der Waals surface area contributed by atoms with Crippen LogP contribution < -0.4 is 5.73 Å². The van der Waals surface area contributed by atoms with Gasteiger partial charge in [0.1, 0.15) is 0 Å². The van der Waals surface area contributed by atoms with E-state index in [0.717, 1.165) is 29.9 Å². The maximum atomic E-state index is 5.72. The molecule has 0 amide bonds. The van der Waals surface area contributed by atoms with Gasteiger partial charge in [-0.3, -0.25) is 0 Å². The summed E-state index contributed by atoms with van der Waals surface area (Å²) in [5.74, 6) is 0. The monoisotopic (exact) mass is 287 g/mol. The SMILES string of the molecule is Nc1ccc(-c2csc(CCN3CCCCC3)n2)cc1. The van der Waals surface area contributed by atoms with Crippen LogP contribution >= 0.6 is 11.3 Å². The molecule has 1 saturated heterocycles. The Morgan fingerprint density at radius 1 is 1.10 bits per heavy atom. The van der Waals surface area contributed by atoms with Gasteiger partial charge in [-0.2, -0.15) is 0 Å². The van der Waals surface area contributed by atoms with Gasteiger partial charge in [-0.25, -0.2) is 4.98 Å². The van der Waals surface area contributed by atoms with Crippen molar-refractivity contribution >= 4 is 17.0 Å². The van der Waals surface area contributed by atoms with Crippen LogP contribution in [0.1, 0.15) is 24.3 Å². The Balaban J connectivity index is 1.60. The van der Waals surface area contributed by atoms with E-state index < -0.39 is 0 Å². The summed E-state index contributed by atoms with van der Waals surface area (Å²) < 4.78 is 0. The molecule has 0 spiro atoms. The van der Waals surface area contributed by atoms with E-state index in [-0.39, 0.29) is 0 Å². The summed E-state index contributed by atoms with van der Waals surface area (Å²) in [4.78, 5) is 7.31. The number of thiazole rings is 1. The maximum Gasteiger partial charge on any atom is 0.0945 e. The molecule has 4 heteroatoms. The molecule has 20 heavy (non-hydrogen) atoms. The highest BCUT2D eigenvalue weighted by molar-refractivity contribution is 7.09. The van der Waals surface area contributed by atoms with Gasteiger partial charge in [0, 0.05) is 29.6 Å². The molecule has 0 atom stereocenters. The predicted octanol–water partition coefficient (Wildman–Crippen LogP) is 3.42. The van der Waals surface area contributed by atoms with E-state index in [1.165, 1.54) is 37.4 Å². The molecule has 3 nitrogen and oxygen atoms in total. The van der Waals surface area contributed by atoms with E-state index >= 15 is 0 Å². The first-order valence-electron chi connectivity index (χ1n) is 7.34. The fourth-order valence-electron chi connectivity index (χ4n) is 2.65. The molecule has 1 aliphatic heterocycles. The van der Waals surface area contributed by atoms with Gasteiger partial charge in [-0.15, -0.1) is 11.3 Å². The third-order valence-corrected chi connectivity index (χ3v) is 4.76. The second-order valence-corrected chi connectivity index (χ2v) is 6.34. The van der Waals surface area contributed by atoms with Crippen LogP contribution in [0.25, 0.3) is 11.3 Å². The lowest BCUT2D eigenvalue weighted by Gasteiger charge is -2.25. The molecule has 2 aromatic rings. The molecule has 2 N–H and O–H groups in total. The number of nitrogen functional groups attached to an aromatic ring is 1. The second-order valence-electron chi connectivity index (χ2n) is 5.40. The Labute approximate surface area is 124 Å². The summed E-state index contributed by atoms with van der Waals surface area (Å²) >= 11 is 1.77.